The summed E-state index contributed by atoms with van der Waals surface area (Å²) < 4.78 is 37.6. The van der Waals surface area contributed by atoms with Gasteiger partial charge in [-0.25, -0.2) is 13.8 Å². The minimum absolute atomic E-state index is 0.0874. The Kier molecular flexibility index (Phi) is 6.42. The molecule has 1 aromatic heterocycles. The van der Waals surface area contributed by atoms with Crippen molar-refractivity contribution in [2.45, 2.75) is 6.61 Å². The van der Waals surface area contributed by atoms with Gasteiger partial charge in [0.1, 0.15) is 40.4 Å². The van der Waals surface area contributed by atoms with E-state index < -0.39 is 11.6 Å². The van der Waals surface area contributed by atoms with Gasteiger partial charge in [0.25, 0.3) is 5.91 Å². The van der Waals surface area contributed by atoms with E-state index in [0.717, 1.165) is 23.8 Å². The summed E-state index contributed by atoms with van der Waals surface area (Å²) in [6.07, 6.45) is 0. The lowest BCUT2D eigenvalue weighted by Gasteiger charge is -2.08. The van der Waals surface area contributed by atoms with Gasteiger partial charge in [-0.05, 0) is 66.7 Å². The lowest BCUT2D eigenvalue weighted by molar-refractivity contribution is 0.102. The minimum atomic E-state index is -0.522. The highest BCUT2D eigenvalue weighted by Gasteiger charge is 2.13. The van der Waals surface area contributed by atoms with Crippen LogP contribution in [-0.2, 0) is 6.61 Å². The summed E-state index contributed by atoms with van der Waals surface area (Å²) in [6.45, 7) is -0.0874. The van der Waals surface area contributed by atoms with E-state index in [9.17, 15) is 13.6 Å². The zero-order valence-corrected chi connectivity index (χ0v) is 17.8. The van der Waals surface area contributed by atoms with Crippen molar-refractivity contribution < 1.29 is 23.0 Å². The second kappa shape index (κ2) is 9.57. The molecule has 0 fully saturated rings. The summed E-state index contributed by atoms with van der Waals surface area (Å²) in [5.74, 6) is -0.143. The van der Waals surface area contributed by atoms with Crippen LogP contribution in [0.3, 0.4) is 0 Å². The summed E-state index contributed by atoms with van der Waals surface area (Å²) in [7, 11) is 1.58. The first-order valence-corrected chi connectivity index (χ1v) is 10.5. The van der Waals surface area contributed by atoms with Gasteiger partial charge in [0.05, 0.1) is 7.11 Å². The average Bonchev–Trinajstić information content (AvgIpc) is 3.31. The van der Waals surface area contributed by atoms with Crippen molar-refractivity contribution in [2.75, 3.05) is 12.4 Å². The molecule has 1 heterocycles. The SMILES string of the molecule is COc1ccc(NC(=O)c2csc(-c3ccc(OCc4cc(F)ccc4F)cc3)n2)cc1. The first-order valence-electron chi connectivity index (χ1n) is 9.60. The maximum atomic E-state index is 13.7. The van der Waals surface area contributed by atoms with Gasteiger partial charge in [0, 0.05) is 22.2 Å². The summed E-state index contributed by atoms with van der Waals surface area (Å²) in [6, 6.07) is 17.3. The fourth-order valence-corrected chi connectivity index (χ4v) is 3.70. The number of carbonyl (C=O) groups is 1. The zero-order valence-electron chi connectivity index (χ0n) is 17.0. The Hall–Kier alpha value is -3.78. The molecule has 4 aromatic rings. The number of hydrogen-bond acceptors (Lipinski definition) is 5. The quantitative estimate of drug-likeness (QED) is 0.378. The molecule has 32 heavy (non-hydrogen) atoms. The number of anilines is 1. The van der Waals surface area contributed by atoms with Crippen LogP contribution >= 0.6 is 11.3 Å². The first-order chi connectivity index (χ1) is 15.5. The highest BCUT2D eigenvalue weighted by atomic mass is 32.1. The second-order valence-electron chi connectivity index (χ2n) is 6.77. The van der Waals surface area contributed by atoms with E-state index in [1.165, 1.54) is 11.3 Å². The van der Waals surface area contributed by atoms with Gasteiger partial charge in [0.2, 0.25) is 0 Å². The first kappa shape index (κ1) is 21.5. The van der Waals surface area contributed by atoms with Gasteiger partial charge in [-0.3, -0.25) is 4.79 Å². The third-order valence-electron chi connectivity index (χ3n) is 4.59. The van der Waals surface area contributed by atoms with E-state index in [0.29, 0.717) is 27.9 Å². The largest absolute Gasteiger partial charge is 0.497 e. The topological polar surface area (TPSA) is 60.5 Å². The average molecular weight is 452 g/mol. The number of ether oxygens (including phenoxy) is 2. The fourth-order valence-electron chi connectivity index (χ4n) is 2.89. The van der Waals surface area contributed by atoms with Gasteiger partial charge < -0.3 is 14.8 Å². The molecule has 0 aliphatic rings. The normalized spacial score (nSPS) is 10.6. The number of methoxy groups -OCH3 is 1. The molecule has 4 rings (SSSR count). The van der Waals surface area contributed by atoms with Crippen LogP contribution in [0.15, 0.2) is 72.1 Å². The van der Waals surface area contributed by atoms with Crippen LogP contribution in [0, 0.1) is 11.6 Å². The number of benzene rings is 3. The monoisotopic (exact) mass is 452 g/mol. The van der Waals surface area contributed by atoms with Crippen LogP contribution in [0.2, 0.25) is 0 Å². The van der Waals surface area contributed by atoms with Gasteiger partial charge in [-0.15, -0.1) is 11.3 Å². The molecular formula is C24H18F2N2O3S. The van der Waals surface area contributed by atoms with Crippen LogP contribution in [0.5, 0.6) is 11.5 Å². The third kappa shape index (κ3) is 5.09. The molecule has 0 saturated heterocycles. The van der Waals surface area contributed by atoms with Crippen LogP contribution in [0.25, 0.3) is 10.6 Å². The van der Waals surface area contributed by atoms with E-state index in [4.69, 9.17) is 9.47 Å². The Morgan fingerprint density at radius 1 is 1.00 bits per heavy atom. The molecule has 3 aromatic carbocycles. The molecule has 0 spiro atoms. The lowest BCUT2D eigenvalue weighted by Crippen LogP contribution is -2.12. The molecule has 0 bridgehead atoms. The smallest absolute Gasteiger partial charge is 0.275 e. The Bertz CT molecular complexity index is 1220. The number of carbonyl (C=O) groups excluding carboxylic acids is 1. The Balaban J connectivity index is 1.39. The molecule has 0 aliphatic heterocycles. The van der Waals surface area contributed by atoms with E-state index in [1.54, 1.807) is 61.0 Å². The van der Waals surface area contributed by atoms with Crippen molar-refractivity contribution in [1.82, 2.24) is 4.98 Å². The number of amides is 1. The minimum Gasteiger partial charge on any atom is -0.497 e. The van der Waals surface area contributed by atoms with Crippen LogP contribution < -0.4 is 14.8 Å². The predicted molar refractivity (Wildman–Crippen MR) is 119 cm³/mol. The van der Waals surface area contributed by atoms with Gasteiger partial charge >= 0.3 is 0 Å². The van der Waals surface area contributed by atoms with Crippen LogP contribution in [-0.4, -0.2) is 18.0 Å². The molecule has 0 unspecified atom stereocenters. The van der Waals surface area contributed by atoms with Crippen molar-refractivity contribution in [2.24, 2.45) is 0 Å². The van der Waals surface area contributed by atoms with E-state index in [-0.39, 0.29) is 18.1 Å². The standard InChI is InChI=1S/C24H18F2N2O3S/c1-30-19-9-5-18(6-10-19)27-23(29)22-14-32-24(28-22)15-2-7-20(8-3-15)31-13-16-12-17(25)4-11-21(16)26/h2-12,14H,13H2,1H3,(H,27,29). The molecule has 0 atom stereocenters. The van der Waals surface area contributed by atoms with Crippen molar-refractivity contribution in [3.8, 4) is 22.1 Å². The number of hydrogen-bond donors (Lipinski definition) is 1. The number of thiazole rings is 1. The van der Waals surface area contributed by atoms with Gasteiger partial charge in [-0.1, -0.05) is 0 Å². The number of nitrogens with zero attached hydrogens (tertiary/aromatic N) is 1. The molecule has 1 amide bonds. The molecule has 0 saturated carbocycles. The highest BCUT2D eigenvalue weighted by molar-refractivity contribution is 7.13. The van der Waals surface area contributed by atoms with Crippen LogP contribution in [0.1, 0.15) is 16.1 Å². The number of rotatable bonds is 7. The molecular weight excluding hydrogens is 434 g/mol. The summed E-state index contributed by atoms with van der Waals surface area (Å²) >= 11 is 1.34. The predicted octanol–water partition coefficient (Wildman–Crippen LogP) is 5.93. The molecule has 5 nitrogen and oxygen atoms in total. The van der Waals surface area contributed by atoms with Gasteiger partial charge in [-0.2, -0.15) is 0 Å². The van der Waals surface area contributed by atoms with Gasteiger partial charge in [0.15, 0.2) is 0 Å². The van der Waals surface area contributed by atoms with E-state index in [2.05, 4.69) is 10.3 Å². The van der Waals surface area contributed by atoms with E-state index >= 15 is 0 Å². The van der Waals surface area contributed by atoms with Crippen molar-refractivity contribution in [3.63, 3.8) is 0 Å². The van der Waals surface area contributed by atoms with Crippen LogP contribution in [0.4, 0.5) is 14.5 Å². The van der Waals surface area contributed by atoms with Crippen molar-refractivity contribution in [1.29, 1.82) is 0 Å². The Labute approximate surface area is 187 Å². The Morgan fingerprint density at radius 2 is 1.72 bits per heavy atom. The maximum Gasteiger partial charge on any atom is 0.275 e. The molecule has 8 heteroatoms. The van der Waals surface area contributed by atoms with Crippen molar-refractivity contribution in [3.05, 3.63) is 95.0 Å². The molecule has 1 N–H and O–H groups in total. The Morgan fingerprint density at radius 3 is 2.44 bits per heavy atom. The number of nitrogens with one attached hydrogen (secondary N) is 1. The third-order valence-corrected chi connectivity index (χ3v) is 5.48. The van der Waals surface area contributed by atoms with Crippen molar-refractivity contribution >= 4 is 22.9 Å². The number of halogens is 2. The number of aromatic nitrogens is 1. The molecule has 0 radical (unpaired) electrons. The maximum absolute atomic E-state index is 13.7. The zero-order chi connectivity index (χ0) is 22.5. The lowest BCUT2D eigenvalue weighted by atomic mass is 10.2. The highest BCUT2D eigenvalue weighted by Crippen LogP contribution is 2.27. The van der Waals surface area contributed by atoms with E-state index in [1.807, 2.05) is 0 Å². The summed E-state index contributed by atoms with van der Waals surface area (Å²) in [5.41, 5.74) is 1.90. The summed E-state index contributed by atoms with van der Waals surface area (Å²) in [5, 5.41) is 5.16. The summed E-state index contributed by atoms with van der Waals surface area (Å²) in [4.78, 5) is 16.9. The molecule has 162 valence electrons. The molecule has 0 aliphatic carbocycles. The fraction of sp³-hybridized carbons (Fsp3) is 0.0833. The second-order valence-corrected chi connectivity index (χ2v) is 7.63.